The van der Waals surface area contributed by atoms with Gasteiger partial charge in [-0.05, 0) is 43.5 Å². The monoisotopic (exact) mass is 418 g/mol. The Labute approximate surface area is 175 Å². The summed E-state index contributed by atoms with van der Waals surface area (Å²) in [6, 6.07) is 15.5. The molecule has 1 heterocycles. The van der Waals surface area contributed by atoms with Gasteiger partial charge in [0.15, 0.2) is 0 Å². The summed E-state index contributed by atoms with van der Waals surface area (Å²) in [5.41, 5.74) is 3.73. The summed E-state index contributed by atoms with van der Waals surface area (Å²) < 4.78 is 0. The minimum Gasteiger partial charge on any atom is -0.396 e. The van der Waals surface area contributed by atoms with Crippen LogP contribution < -0.4 is 5.32 Å². The van der Waals surface area contributed by atoms with E-state index in [1.54, 1.807) is 10.9 Å². The first-order valence-electron chi connectivity index (χ1n) is 9.42. The number of benzene rings is 2. The van der Waals surface area contributed by atoms with Gasteiger partial charge in [-0.3, -0.25) is 0 Å². The molecule has 0 unspecified atom stereocenters. The van der Waals surface area contributed by atoms with Gasteiger partial charge in [-0.1, -0.05) is 59.6 Å². The average molecular weight is 419 g/mol. The highest BCUT2D eigenvalue weighted by molar-refractivity contribution is 6.35. The lowest BCUT2D eigenvalue weighted by Gasteiger charge is -2.04. The topological polar surface area (TPSA) is 63.0 Å². The molecule has 7 heteroatoms. The van der Waals surface area contributed by atoms with Crippen LogP contribution in [-0.2, 0) is 13.1 Å². The Kier molecular flexibility index (Phi) is 7.86. The standard InChI is InChI=1S/C21H24Cl2N4O/c22-18-10-9-17(19(23)13-18)15-27-25-20(14-24-11-5-2-6-12-28)21(26-27)16-7-3-1-4-8-16/h1,3-4,7-10,13,24,28H,2,5-6,11-12,14-15H2. The Balaban J connectivity index is 1.75. The summed E-state index contributed by atoms with van der Waals surface area (Å²) in [6.07, 6.45) is 2.88. The number of hydrogen-bond acceptors (Lipinski definition) is 4. The average Bonchev–Trinajstić information content (AvgIpc) is 3.10. The van der Waals surface area contributed by atoms with Crippen molar-refractivity contribution in [3.63, 3.8) is 0 Å². The number of halogens is 2. The Bertz CT molecular complexity index is 883. The van der Waals surface area contributed by atoms with Gasteiger partial charge < -0.3 is 10.4 Å². The van der Waals surface area contributed by atoms with Gasteiger partial charge in [0.25, 0.3) is 0 Å². The summed E-state index contributed by atoms with van der Waals surface area (Å²) in [6.45, 7) is 2.24. The van der Waals surface area contributed by atoms with Crippen molar-refractivity contribution in [1.82, 2.24) is 20.3 Å². The van der Waals surface area contributed by atoms with E-state index < -0.39 is 0 Å². The first kappa shape index (κ1) is 20.8. The number of rotatable bonds is 10. The molecule has 0 amide bonds. The summed E-state index contributed by atoms with van der Waals surface area (Å²) in [5, 5.41) is 22.9. The summed E-state index contributed by atoms with van der Waals surface area (Å²) in [4.78, 5) is 1.68. The zero-order valence-electron chi connectivity index (χ0n) is 15.6. The van der Waals surface area contributed by atoms with Crippen molar-refractivity contribution in [1.29, 1.82) is 0 Å². The van der Waals surface area contributed by atoms with Gasteiger partial charge in [0.2, 0.25) is 0 Å². The van der Waals surface area contributed by atoms with Crippen LogP contribution in [0.2, 0.25) is 10.0 Å². The third kappa shape index (κ3) is 5.79. The van der Waals surface area contributed by atoms with E-state index in [0.29, 0.717) is 23.1 Å². The molecule has 0 bridgehead atoms. The predicted molar refractivity (Wildman–Crippen MR) is 114 cm³/mol. The van der Waals surface area contributed by atoms with Crippen LogP contribution in [0.15, 0.2) is 48.5 Å². The molecule has 2 aromatic carbocycles. The number of nitrogens with zero attached hydrogens (tertiary/aromatic N) is 3. The third-order valence-electron chi connectivity index (χ3n) is 4.40. The van der Waals surface area contributed by atoms with Crippen LogP contribution in [0, 0.1) is 0 Å². The fourth-order valence-corrected chi connectivity index (χ4v) is 3.41. The maximum Gasteiger partial charge on any atom is 0.117 e. The van der Waals surface area contributed by atoms with Crippen LogP contribution in [-0.4, -0.2) is 33.3 Å². The van der Waals surface area contributed by atoms with Crippen LogP contribution in [0.1, 0.15) is 30.5 Å². The molecule has 1 aromatic heterocycles. The first-order valence-corrected chi connectivity index (χ1v) is 10.2. The Morgan fingerprint density at radius 2 is 1.79 bits per heavy atom. The molecule has 3 aromatic rings. The molecule has 2 N–H and O–H groups in total. The number of aliphatic hydroxyl groups is 1. The normalized spacial score (nSPS) is 11.1. The molecule has 0 fully saturated rings. The zero-order valence-corrected chi connectivity index (χ0v) is 17.1. The minimum atomic E-state index is 0.250. The van der Waals surface area contributed by atoms with Crippen LogP contribution >= 0.6 is 23.2 Å². The highest BCUT2D eigenvalue weighted by Crippen LogP contribution is 2.23. The molecule has 0 aliphatic heterocycles. The van der Waals surface area contributed by atoms with Crippen molar-refractivity contribution in [2.45, 2.75) is 32.4 Å². The molecule has 3 rings (SSSR count). The van der Waals surface area contributed by atoms with E-state index in [2.05, 4.69) is 5.32 Å². The van der Waals surface area contributed by atoms with Crippen LogP contribution in [0.3, 0.4) is 0 Å². The molecule has 148 valence electrons. The second kappa shape index (κ2) is 10.6. The van der Waals surface area contributed by atoms with Gasteiger partial charge in [-0.25, -0.2) is 0 Å². The van der Waals surface area contributed by atoms with Crippen molar-refractivity contribution < 1.29 is 5.11 Å². The Hall–Kier alpha value is -1.92. The zero-order chi connectivity index (χ0) is 19.8. The van der Waals surface area contributed by atoms with Gasteiger partial charge >= 0.3 is 0 Å². The molecule has 0 aliphatic carbocycles. The molecule has 28 heavy (non-hydrogen) atoms. The number of unbranched alkanes of at least 4 members (excludes halogenated alkanes) is 2. The minimum absolute atomic E-state index is 0.250. The molecule has 0 atom stereocenters. The van der Waals surface area contributed by atoms with E-state index in [0.717, 1.165) is 48.3 Å². The molecule has 0 spiro atoms. The van der Waals surface area contributed by atoms with Gasteiger partial charge in [0.1, 0.15) is 11.4 Å². The smallest absolute Gasteiger partial charge is 0.117 e. The number of aromatic nitrogens is 3. The second-order valence-electron chi connectivity index (χ2n) is 6.59. The lowest BCUT2D eigenvalue weighted by Crippen LogP contribution is -2.16. The first-order chi connectivity index (χ1) is 13.7. The lowest BCUT2D eigenvalue weighted by molar-refractivity contribution is 0.283. The number of nitrogens with one attached hydrogen (secondary N) is 1. The van der Waals surface area contributed by atoms with Gasteiger partial charge in [0.05, 0.1) is 6.54 Å². The molecule has 0 saturated heterocycles. The van der Waals surface area contributed by atoms with Gasteiger partial charge in [0, 0.05) is 28.8 Å². The molecule has 5 nitrogen and oxygen atoms in total. The van der Waals surface area contributed by atoms with Crippen LogP contribution in [0.25, 0.3) is 11.3 Å². The van der Waals surface area contributed by atoms with E-state index in [-0.39, 0.29) is 6.61 Å². The SMILES string of the molecule is OCCCCCNCc1nn(Cc2ccc(Cl)cc2Cl)nc1-c1ccccc1. The van der Waals surface area contributed by atoms with E-state index >= 15 is 0 Å². The highest BCUT2D eigenvalue weighted by Gasteiger charge is 2.14. The third-order valence-corrected chi connectivity index (χ3v) is 4.99. The molecule has 0 radical (unpaired) electrons. The van der Waals surface area contributed by atoms with Crippen molar-refractivity contribution in [3.05, 3.63) is 69.8 Å². The lowest BCUT2D eigenvalue weighted by atomic mass is 10.1. The van der Waals surface area contributed by atoms with E-state index in [1.807, 2.05) is 42.5 Å². The van der Waals surface area contributed by atoms with Crippen molar-refractivity contribution >= 4 is 23.2 Å². The fraction of sp³-hybridized carbons (Fsp3) is 0.333. The summed E-state index contributed by atoms with van der Waals surface area (Å²) in [5.74, 6) is 0. The van der Waals surface area contributed by atoms with Gasteiger partial charge in [-0.15, -0.1) is 0 Å². The summed E-state index contributed by atoms with van der Waals surface area (Å²) in [7, 11) is 0. The maximum absolute atomic E-state index is 8.86. The molecular weight excluding hydrogens is 395 g/mol. The summed E-state index contributed by atoms with van der Waals surface area (Å²) >= 11 is 12.3. The van der Waals surface area contributed by atoms with Crippen molar-refractivity contribution in [2.24, 2.45) is 0 Å². The molecule has 0 saturated carbocycles. The predicted octanol–water partition coefficient (Wildman–Crippen LogP) is 4.55. The van der Waals surface area contributed by atoms with Crippen LogP contribution in [0.5, 0.6) is 0 Å². The van der Waals surface area contributed by atoms with Crippen LogP contribution in [0.4, 0.5) is 0 Å². The maximum atomic E-state index is 8.86. The Morgan fingerprint density at radius 3 is 2.54 bits per heavy atom. The Morgan fingerprint density at radius 1 is 0.964 bits per heavy atom. The van der Waals surface area contributed by atoms with Gasteiger partial charge in [-0.2, -0.15) is 15.0 Å². The van der Waals surface area contributed by atoms with E-state index in [9.17, 15) is 0 Å². The van der Waals surface area contributed by atoms with Crippen molar-refractivity contribution in [2.75, 3.05) is 13.2 Å². The molecule has 0 aliphatic rings. The largest absolute Gasteiger partial charge is 0.396 e. The molecular formula is C21H24Cl2N4O. The number of aliphatic hydroxyl groups excluding tert-OH is 1. The highest BCUT2D eigenvalue weighted by atomic mass is 35.5. The quantitative estimate of drug-likeness (QED) is 0.473. The fourth-order valence-electron chi connectivity index (χ4n) is 2.94. The second-order valence-corrected chi connectivity index (χ2v) is 7.43. The van der Waals surface area contributed by atoms with E-state index in [1.165, 1.54) is 0 Å². The number of hydrogen-bond donors (Lipinski definition) is 2. The van der Waals surface area contributed by atoms with Crippen molar-refractivity contribution in [3.8, 4) is 11.3 Å². The van der Waals surface area contributed by atoms with E-state index in [4.69, 9.17) is 38.5 Å².